The number of nitrogens with two attached hydrogens (primary N) is 1. The average Bonchev–Trinajstić information content (AvgIpc) is 3.16. The molecule has 1 aliphatic carbocycles. The van der Waals surface area contributed by atoms with Gasteiger partial charge in [-0.3, -0.25) is 9.36 Å². The summed E-state index contributed by atoms with van der Waals surface area (Å²) in [5.41, 5.74) is 8.23. The minimum Gasteiger partial charge on any atom is -0.486 e. The number of imidazole rings is 1. The molecule has 0 amide bonds. The summed E-state index contributed by atoms with van der Waals surface area (Å²) in [6.07, 6.45) is 7.76. The van der Waals surface area contributed by atoms with Gasteiger partial charge in [0.05, 0.1) is 12.1 Å². The Kier molecular flexibility index (Phi) is 5.78. The van der Waals surface area contributed by atoms with E-state index in [1.165, 1.54) is 12.1 Å². The lowest BCUT2D eigenvalue weighted by atomic mass is 9.78. The normalized spacial score (nSPS) is 21.6. The number of halogens is 1. The van der Waals surface area contributed by atoms with E-state index in [1.54, 1.807) is 22.9 Å². The van der Waals surface area contributed by atoms with Gasteiger partial charge in [0.15, 0.2) is 11.5 Å². The summed E-state index contributed by atoms with van der Waals surface area (Å²) in [6.45, 7) is 3.16. The highest BCUT2D eigenvalue weighted by atomic mass is 19.1. The highest BCUT2D eigenvalue weighted by Gasteiger charge is 2.42. The van der Waals surface area contributed by atoms with Crippen molar-refractivity contribution in [2.75, 3.05) is 6.61 Å². The fourth-order valence-electron chi connectivity index (χ4n) is 4.94. The zero-order valence-corrected chi connectivity index (χ0v) is 18.9. The number of aromatic nitrogens is 4. The van der Waals surface area contributed by atoms with Gasteiger partial charge in [0.1, 0.15) is 11.6 Å². The lowest BCUT2D eigenvalue weighted by Gasteiger charge is -2.32. The number of unbranched alkanes of at least 4 members (excludes halogenated alkanes) is 1. The van der Waals surface area contributed by atoms with Crippen LogP contribution in [0.3, 0.4) is 0 Å². The van der Waals surface area contributed by atoms with Crippen LogP contribution in [0.1, 0.15) is 62.5 Å². The smallest absolute Gasteiger partial charge is 0.296 e. The molecule has 7 nitrogen and oxygen atoms in total. The second kappa shape index (κ2) is 8.74. The first-order valence-electron chi connectivity index (χ1n) is 11.8. The standard InChI is InChI=1S/C25H30FN5O2/c1-2-3-12-33-21-20(22-28-14-19(29-22)13-16-4-6-18(26)7-5-16)30-24-25(27)10-8-17(9-11-25)15-31(24)23(21)32/h4-7,14,17H,2-3,8-13,15,27H2,1H3,(H,28,29). The second-order valence-corrected chi connectivity index (χ2v) is 9.39. The summed E-state index contributed by atoms with van der Waals surface area (Å²) in [4.78, 5) is 26.4. The van der Waals surface area contributed by atoms with Gasteiger partial charge in [-0.2, -0.15) is 0 Å². The third-order valence-corrected chi connectivity index (χ3v) is 6.92. The molecule has 0 unspecified atom stereocenters. The molecule has 2 aliphatic heterocycles. The van der Waals surface area contributed by atoms with Crippen molar-refractivity contribution >= 4 is 0 Å². The van der Waals surface area contributed by atoms with Crippen molar-refractivity contribution in [3.63, 3.8) is 0 Å². The summed E-state index contributed by atoms with van der Waals surface area (Å²) in [7, 11) is 0. The molecule has 33 heavy (non-hydrogen) atoms. The van der Waals surface area contributed by atoms with Gasteiger partial charge in [-0.25, -0.2) is 14.4 Å². The molecule has 1 saturated carbocycles. The maximum absolute atomic E-state index is 13.6. The number of aromatic amines is 1. The van der Waals surface area contributed by atoms with Crippen molar-refractivity contribution in [2.24, 2.45) is 11.7 Å². The number of ether oxygens (including phenoxy) is 1. The predicted octanol–water partition coefficient (Wildman–Crippen LogP) is 3.90. The molecule has 1 fully saturated rings. The molecule has 2 aromatic heterocycles. The van der Waals surface area contributed by atoms with Crippen LogP contribution in [0, 0.1) is 11.7 Å². The van der Waals surface area contributed by atoms with E-state index in [0.717, 1.165) is 49.8 Å². The number of H-pyrrole nitrogens is 1. The van der Waals surface area contributed by atoms with Crippen LogP contribution in [0.15, 0.2) is 35.3 Å². The van der Waals surface area contributed by atoms with Crippen LogP contribution in [0.4, 0.5) is 4.39 Å². The monoisotopic (exact) mass is 451 g/mol. The van der Waals surface area contributed by atoms with Crippen molar-refractivity contribution < 1.29 is 9.13 Å². The average molecular weight is 452 g/mol. The number of nitrogens with one attached hydrogen (secondary N) is 1. The Bertz CT molecular complexity index is 1190. The Morgan fingerprint density at radius 1 is 1.27 bits per heavy atom. The Hall–Kier alpha value is -3.00. The van der Waals surface area contributed by atoms with Crippen LogP contribution in [0.2, 0.25) is 0 Å². The van der Waals surface area contributed by atoms with Crippen LogP contribution in [-0.4, -0.2) is 26.1 Å². The SMILES string of the molecule is CCCCOc1c(-c2ncc(Cc3ccc(F)cc3)[nH]2)nc2n(c1=O)CC1CCC2(N)CC1. The Labute approximate surface area is 192 Å². The van der Waals surface area contributed by atoms with E-state index in [0.29, 0.717) is 42.8 Å². The fourth-order valence-corrected chi connectivity index (χ4v) is 4.94. The predicted molar refractivity (Wildman–Crippen MR) is 124 cm³/mol. The van der Waals surface area contributed by atoms with Gasteiger partial charge in [-0.1, -0.05) is 25.5 Å². The molecule has 0 saturated heterocycles. The van der Waals surface area contributed by atoms with Crippen molar-refractivity contribution in [1.29, 1.82) is 0 Å². The van der Waals surface area contributed by atoms with Gasteiger partial charge in [0, 0.05) is 24.9 Å². The lowest BCUT2D eigenvalue weighted by Crippen LogP contribution is -2.42. The van der Waals surface area contributed by atoms with Crippen molar-refractivity contribution in [2.45, 2.75) is 64.0 Å². The molecule has 3 N–H and O–H groups in total. The molecule has 0 spiro atoms. The van der Waals surface area contributed by atoms with Gasteiger partial charge in [0.2, 0.25) is 5.75 Å². The Morgan fingerprint density at radius 2 is 2.03 bits per heavy atom. The molecule has 8 heteroatoms. The van der Waals surface area contributed by atoms with E-state index in [4.69, 9.17) is 15.5 Å². The van der Waals surface area contributed by atoms with E-state index >= 15 is 0 Å². The Balaban J connectivity index is 1.56. The van der Waals surface area contributed by atoms with Gasteiger partial charge >= 0.3 is 0 Å². The van der Waals surface area contributed by atoms with Crippen LogP contribution in [0.5, 0.6) is 5.75 Å². The summed E-state index contributed by atoms with van der Waals surface area (Å²) < 4.78 is 21.0. The summed E-state index contributed by atoms with van der Waals surface area (Å²) >= 11 is 0. The molecular formula is C25H30FN5O2. The fraction of sp³-hybridized carbons (Fsp3) is 0.480. The van der Waals surface area contributed by atoms with Gasteiger partial charge in [-0.15, -0.1) is 0 Å². The minimum atomic E-state index is -0.605. The van der Waals surface area contributed by atoms with Crippen LogP contribution in [-0.2, 0) is 18.5 Å². The Morgan fingerprint density at radius 3 is 2.76 bits per heavy atom. The molecule has 4 heterocycles. The molecule has 174 valence electrons. The van der Waals surface area contributed by atoms with Crippen molar-refractivity contribution in [3.8, 4) is 17.3 Å². The van der Waals surface area contributed by atoms with Crippen LogP contribution in [0.25, 0.3) is 11.5 Å². The highest BCUT2D eigenvalue weighted by molar-refractivity contribution is 5.59. The molecule has 0 radical (unpaired) electrons. The first-order chi connectivity index (χ1) is 16.0. The van der Waals surface area contributed by atoms with Crippen molar-refractivity contribution in [1.82, 2.24) is 19.5 Å². The van der Waals surface area contributed by atoms with Gasteiger partial charge in [0.25, 0.3) is 5.56 Å². The third kappa shape index (κ3) is 4.19. The maximum atomic E-state index is 13.6. The first-order valence-corrected chi connectivity index (χ1v) is 11.8. The topological polar surface area (TPSA) is 98.8 Å². The van der Waals surface area contributed by atoms with E-state index in [9.17, 15) is 9.18 Å². The number of fused-ring (bicyclic) bond motifs is 2. The quantitative estimate of drug-likeness (QED) is 0.531. The summed E-state index contributed by atoms with van der Waals surface area (Å²) in [6, 6.07) is 6.38. The van der Waals surface area contributed by atoms with E-state index in [2.05, 4.69) is 16.9 Å². The molecule has 0 atom stereocenters. The number of benzene rings is 1. The molecular weight excluding hydrogens is 421 g/mol. The zero-order chi connectivity index (χ0) is 23.0. The minimum absolute atomic E-state index is 0.175. The largest absolute Gasteiger partial charge is 0.486 e. The molecule has 3 aliphatic rings. The summed E-state index contributed by atoms with van der Waals surface area (Å²) in [5, 5.41) is 0. The second-order valence-electron chi connectivity index (χ2n) is 9.39. The zero-order valence-electron chi connectivity index (χ0n) is 18.9. The molecule has 2 bridgehead atoms. The summed E-state index contributed by atoms with van der Waals surface area (Å²) in [5.74, 6) is 1.54. The van der Waals surface area contributed by atoms with Gasteiger partial charge in [-0.05, 0) is 55.7 Å². The number of hydrogen-bond acceptors (Lipinski definition) is 5. The van der Waals surface area contributed by atoms with Crippen LogP contribution >= 0.6 is 0 Å². The molecule has 1 aromatic carbocycles. The molecule has 6 rings (SSSR count). The maximum Gasteiger partial charge on any atom is 0.296 e. The van der Waals surface area contributed by atoms with E-state index in [-0.39, 0.29) is 17.1 Å². The highest BCUT2D eigenvalue weighted by Crippen LogP contribution is 2.41. The van der Waals surface area contributed by atoms with Gasteiger partial charge < -0.3 is 15.5 Å². The number of rotatable bonds is 7. The third-order valence-electron chi connectivity index (χ3n) is 6.92. The van der Waals surface area contributed by atoms with E-state index in [1.807, 2.05) is 0 Å². The number of hydrogen-bond donors (Lipinski definition) is 2. The van der Waals surface area contributed by atoms with Crippen LogP contribution < -0.4 is 16.0 Å². The van der Waals surface area contributed by atoms with E-state index < -0.39 is 5.54 Å². The first kappa shape index (κ1) is 21.8. The lowest BCUT2D eigenvalue weighted by molar-refractivity contribution is 0.249. The van der Waals surface area contributed by atoms with Crippen molar-refractivity contribution in [3.05, 3.63) is 63.7 Å². The molecule has 3 aromatic rings. The number of nitrogens with zero attached hydrogens (tertiary/aromatic N) is 3.